The summed E-state index contributed by atoms with van der Waals surface area (Å²) in [5.74, 6) is -0.0242. The number of para-hydroxylation sites is 1. The van der Waals surface area contributed by atoms with E-state index in [2.05, 4.69) is 31.2 Å². The van der Waals surface area contributed by atoms with Crippen LogP contribution in [0.4, 0.5) is 0 Å². The molecule has 0 atom stereocenters. The molecule has 166 valence electrons. The molecule has 0 aliphatic carbocycles. The van der Waals surface area contributed by atoms with Crippen molar-refractivity contribution in [3.8, 4) is 5.75 Å². The van der Waals surface area contributed by atoms with Crippen LogP contribution in [0.1, 0.15) is 11.1 Å². The van der Waals surface area contributed by atoms with Gasteiger partial charge in [0.25, 0.3) is 5.91 Å². The van der Waals surface area contributed by atoms with Gasteiger partial charge in [0.2, 0.25) is 10.0 Å². The van der Waals surface area contributed by atoms with Crippen molar-refractivity contribution in [2.24, 2.45) is 5.10 Å². The number of ether oxygens (including phenoxy) is 1. The SMILES string of the molecule is O=C(CNS(=O)(=O)c1ccc(Cl)cc1)N/N=C/c1ccccc1OCc1ccc(Br)cc1. The van der Waals surface area contributed by atoms with Crippen LogP contribution in [0.5, 0.6) is 5.75 Å². The zero-order valence-electron chi connectivity index (χ0n) is 16.7. The summed E-state index contributed by atoms with van der Waals surface area (Å²) < 4.78 is 33.5. The molecular weight excluding hydrogens is 518 g/mol. The zero-order valence-corrected chi connectivity index (χ0v) is 19.8. The van der Waals surface area contributed by atoms with Crippen molar-refractivity contribution in [3.05, 3.63) is 93.4 Å². The van der Waals surface area contributed by atoms with Crippen LogP contribution in [0.25, 0.3) is 0 Å². The van der Waals surface area contributed by atoms with Crippen LogP contribution < -0.4 is 14.9 Å². The van der Waals surface area contributed by atoms with Gasteiger partial charge in [0, 0.05) is 15.1 Å². The quantitative estimate of drug-likeness (QED) is 0.318. The van der Waals surface area contributed by atoms with Crippen molar-refractivity contribution < 1.29 is 17.9 Å². The van der Waals surface area contributed by atoms with Crippen molar-refractivity contribution in [2.75, 3.05) is 6.54 Å². The lowest BCUT2D eigenvalue weighted by Gasteiger charge is -2.09. The first-order valence-electron chi connectivity index (χ1n) is 9.37. The molecule has 0 saturated carbocycles. The summed E-state index contributed by atoms with van der Waals surface area (Å²) in [6.45, 7) is -0.0962. The molecule has 32 heavy (non-hydrogen) atoms. The summed E-state index contributed by atoms with van der Waals surface area (Å²) in [5.41, 5.74) is 3.95. The van der Waals surface area contributed by atoms with Gasteiger partial charge in [0.05, 0.1) is 17.7 Å². The lowest BCUT2D eigenvalue weighted by Crippen LogP contribution is -2.34. The second-order valence-electron chi connectivity index (χ2n) is 6.52. The third-order valence-electron chi connectivity index (χ3n) is 4.17. The highest BCUT2D eigenvalue weighted by atomic mass is 79.9. The third kappa shape index (κ3) is 7.16. The van der Waals surface area contributed by atoms with Gasteiger partial charge >= 0.3 is 0 Å². The monoisotopic (exact) mass is 535 g/mol. The second kappa shape index (κ2) is 11.2. The molecule has 10 heteroatoms. The van der Waals surface area contributed by atoms with Crippen molar-refractivity contribution >= 4 is 49.7 Å². The Kier molecular flexibility index (Phi) is 8.40. The molecule has 3 aromatic rings. The van der Waals surface area contributed by atoms with Crippen LogP contribution in [-0.2, 0) is 21.4 Å². The molecule has 0 bridgehead atoms. The number of nitrogens with zero attached hydrogens (tertiary/aromatic N) is 1. The van der Waals surface area contributed by atoms with Crippen molar-refractivity contribution in [3.63, 3.8) is 0 Å². The third-order valence-corrected chi connectivity index (χ3v) is 6.36. The Morgan fingerprint density at radius 1 is 1.03 bits per heavy atom. The molecule has 2 N–H and O–H groups in total. The predicted octanol–water partition coefficient (Wildman–Crippen LogP) is 4.11. The number of hydrogen-bond donors (Lipinski definition) is 2. The van der Waals surface area contributed by atoms with E-state index >= 15 is 0 Å². The molecule has 0 fully saturated rings. The Bertz CT molecular complexity index is 1200. The van der Waals surface area contributed by atoms with Gasteiger partial charge in [0.15, 0.2) is 0 Å². The average molecular weight is 537 g/mol. The van der Waals surface area contributed by atoms with Crippen molar-refractivity contribution in [2.45, 2.75) is 11.5 Å². The minimum absolute atomic E-state index is 0.00931. The number of nitrogens with one attached hydrogen (secondary N) is 2. The van der Waals surface area contributed by atoms with E-state index in [1.165, 1.54) is 30.5 Å². The number of sulfonamides is 1. The Morgan fingerprint density at radius 3 is 2.44 bits per heavy atom. The number of amides is 1. The first kappa shape index (κ1) is 23.9. The Labute approximate surface area is 199 Å². The second-order valence-corrected chi connectivity index (χ2v) is 9.64. The summed E-state index contributed by atoms with van der Waals surface area (Å²) in [6, 6.07) is 20.6. The smallest absolute Gasteiger partial charge is 0.255 e. The minimum Gasteiger partial charge on any atom is -0.488 e. The number of hydrazone groups is 1. The molecule has 0 aliphatic heterocycles. The van der Waals surface area contributed by atoms with Gasteiger partial charge in [-0.3, -0.25) is 4.79 Å². The summed E-state index contributed by atoms with van der Waals surface area (Å²) in [4.78, 5) is 12.0. The lowest BCUT2D eigenvalue weighted by atomic mass is 10.2. The predicted molar refractivity (Wildman–Crippen MR) is 127 cm³/mol. The highest BCUT2D eigenvalue weighted by molar-refractivity contribution is 9.10. The van der Waals surface area contributed by atoms with Crippen molar-refractivity contribution in [1.82, 2.24) is 10.1 Å². The van der Waals surface area contributed by atoms with E-state index in [0.717, 1.165) is 10.0 Å². The van der Waals surface area contributed by atoms with Gasteiger partial charge in [-0.05, 0) is 54.1 Å². The van der Waals surface area contributed by atoms with Crippen LogP contribution in [-0.4, -0.2) is 27.1 Å². The van der Waals surface area contributed by atoms with E-state index in [0.29, 0.717) is 22.9 Å². The summed E-state index contributed by atoms with van der Waals surface area (Å²) in [5, 5.41) is 4.30. The molecule has 0 radical (unpaired) electrons. The van der Waals surface area contributed by atoms with Crippen LogP contribution in [0.15, 0.2) is 87.3 Å². The maximum atomic E-state index is 12.2. The molecule has 7 nitrogen and oxygen atoms in total. The molecular formula is C22H19BrClN3O4S. The highest BCUT2D eigenvalue weighted by Gasteiger charge is 2.15. The maximum Gasteiger partial charge on any atom is 0.255 e. The molecule has 0 unspecified atom stereocenters. The summed E-state index contributed by atoms with van der Waals surface area (Å²) in [6.07, 6.45) is 1.43. The molecule has 0 aromatic heterocycles. The van der Waals surface area contributed by atoms with Crippen LogP contribution in [0.2, 0.25) is 5.02 Å². The largest absolute Gasteiger partial charge is 0.488 e. The van der Waals surface area contributed by atoms with E-state index in [9.17, 15) is 13.2 Å². The summed E-state index contributed by atoms with van der Waals surface area (Å²) >= 11 is 9.15. The number of halogens is 2. The van der Waals surface area contributed by atoms with E-state index in [1.54, 1.807) is 12.1 Å². The maximum absolute atomic E-state index is 12.2. The van der Waals surface area contributed by atoms with E-state index in [-0.39, 0.29) is 4.90 Å². The van der Waals surface area contributed by atoms with Crippen LogP contribution in [0.3, 0.4) is 0 Å². The van der Waals surface area contributed by atoms with Crippen LogP contribution in [0, 0.1) is 0 Å². The first-order chi connectivity index (χ1) is 15.3. The van der Waals surface area contributed by atoms with Gasteiger partial charge in [-0.2, -0.15) is 5.10 Å². The van der Waals surface area contributed by atoms with Gasteiger partial charge < -0.3 is 4.74 Å². The lowest BCUT2D eigenvalue weighted by molar-refractivity contribution is -0.119. The van der Waals surface area contributed by atoms with Crippen LogP contribution >= 0.6 is 27.5 Å². The Hall–Kier alpha value is -2.72. The van der Waals surface area contributed by atoms with Gasteiger partial charge in [0.1, 0.15) is 12.4 Å². The zero-order chi connectivity index (χ0) is 23.0. The molecule has 1 amide bonds. The number of hydrogen-bond acceptors (Lipinski definition) is 5. The topological polar surface area (TPSA) is 96.9 Å². The fourth-order valence-corrected chi connectivity index (χ4v) is 3.90. The normalized spacial score (nSPS) is 11.4. The number of carbonyl (C=O) groups is 1. The number of benzene rings is 3. The van der Waals surface area contributed by atoms with Crippen molar-refractivity contribution in [1.29, 1.82) is 0 Å². The molecule has 0 saturated heterocycles. The van der Waals surface area contributed by atoms with Gasteiger partial charge in [-0.25, -0.2) is 18.6 Å². The Balaban J connectivity index is 1.53. The molecule has 3 aromatic carbocycles. The molecule has 0 aliphatic rings. The average Bonchev–Trinajstić information content (AvgIpc) is 2.78. The fourth-order valence-electron chi connectivity index (χ4n) is 2.53. The van der Waals surface area contributed by atoms with Gasteiger partial charge in [-0.1, -0.05) is 51.8 Å². The number of carbonyl (C=O) groups excluding carboxylic acids is 1. The number of rotatable bonds is 9. The Morgan fingerprint density at radius 2 is 1.72 bits per heavy atom. The summed E-state index contributed by atoms with van der Waals surface area (Å²) in [7, 11) is -3.84. The standard InChI is InChI=1S/C22H19BrClN3O4S/c23-18-7-5-16(6-8-18)15-31-21-4-2-1-3-17(21)13-25-27-22(28)14-26-32(29,30)20-11-9-19(24)10-12-20/h1-13,26H,14-15H2,(H,27,28)/b25-13+. The first-order valence-corrected chi connectivity index (χ1v) is 12.0. The minimum atomic E-state index is -3.84. The highest BCUT2D eigenvalue weighted by Crippen LogP contribution is 2.18. The molecule has 3 rings (SSSR count). The van der Waals surface area contributed by atoms with E-state index in [1.807, 2.05) is 36.4 Å². The van der Waals surface area contributed by atoms with Gasteiger partial charge in [-0.15, -0.1) is 0 Å². The van der Waals surface area contributed by atoms with E-state index < -0.39 is 22.5 Å². The molecule has 0 heterocycles. The fraction of sp³-hybridized carbons (Fsp3) is 0.0909. The van der Waals surface area contributed by atoms with E-state index in [4.69, 9.17) is 16.3 Å². The molecule has 0 spiro atoms.